The van der Waals surface area contributed by atoms with Crippen LogP contribution in [0.2, 0.25) is 0 Å². The molecule has 4 rings (SSSR count). The van der Waals surface area contributed by atoms with Crippen molar-refractivity contribution in [3.63, 3.8) is 0 Å². The van der Waals surface area contributed by atoms with Gasteiger partial charge in [0.15, 0.2) is 9.84 Å². The van der Waals surface area contributed by atoms with Crippen LogP contribution in [0, 0.1) is 0 Å². The van der Waals surface area contributed by atoms with Gasteiger partial charge < -0.3 is 0 Å². The van der Waals surface area contributed by atoms with Crippen molar-refractivity contribution in [1.82, 2.24) is 4.31 Å². The third-order valence-corrected chi connectivity index (χ3v) is 8.03. The predicted octanol–water partition coefficient (Wildman–Crippen LogP) is 3.34. The van der Waals surface area contributed by atoms with Crippen LogP contribution < -0.4 is 0 Å². The van der Waals surface area contributed by atoms with Crippen LogP contribution in [0.25, 0.3) is 10.8 Å². The Morgan fingerprint density at radius 1 is 0.893 bits per heavy atom. The minimum absolute atomic E-state index is 0.0977. The molecule has 3 aromatic rings. The van der Waals surface area contributed by atoms with E-state index in [1.165, 1.54) is 10.4 Å². The van der Waals surface area contributed by atoms with Gasteiger partial charge in [0.1, 0.15) is 0 Å². The van der Waals surface area contributed by atoms with E-state index in [1.54, 1.807) is 18.2 Å². The number of hydrogen-bond donors (Lipinski definition) is 0. The molecule has 144 valence electrons. The van der Waals surface area contributed by atoms with Crippen LogP contribution >= 0.6 is 0 Å². The van der Waals surface area contributed by atoms with Gasteiger partial charge in [0.2, 0.25) is 10.0 Å². The summed E-state index contributed by atoms with van der Waals surface area (Å²) in [5.74, 6) is -0.243. The lowest BCUT2D eigenvalue weighted by atomic mass is 10.1. The van der Waals surface area contributed by atoms with E-state index in [1.807, 2.05) is 54.6 Å². The van der Waals surface area contributed by atoms with Crippen molar-refractivity contribution < 1.29 is 16.8 Å². The topological polar surface area (TPSA) is 71.5 Å². The quantitative estimate of drug-likeness (QED) is 0.643. The van der Waals surface area contributed by atoms with Crippen LogP contribution in [-0.2, 0) is 26.4 Å². The molecule has 1 atom stereocenters. The molecule has 5 nitrogen and oxygen atoms in total. The van der Waals surface area contributed by atoms with Crippen LogP contribution in [0.5, 0.6) is 0 Å². The van der Waals surface area contributed by atoms with Gasteiger partial charge in [-0.25, -0.2) is 16.8 Å². The lowest BCUT2D eigenvalue weighted by Gasteiger charge is -2.27. The summed E-state index contributed by atoms with van der Waals surface area (Å²) in [4.78, 5) is 0.153. The highest BCUT2D eigenvalue weighted by Gasteiger charge is 2.35. The number of rotatable bonds is 5. The fourth-order valence-corrected chi connectivity index (χ4v) is 6.35. The Bertz CT molecular complexity index is 1250. The Morgan fingerprint density at radius 3 is 2.25 bits per heavy atom. The highest BCUT2D eigenvalue weighted by molar-refractivity contribution is 7.94. The second-order valence-corrected chi connectivity index (χ2v) is 10.6. The van der Waals surface area contributed by atoms with Gasteiger partial charge >= 0.3 is 0 Å². The minimum atomic E-state index is -3.91. The van der Waals surface area contributed by atoms with Crippen molar-refractivity contribution >= 4 is 30.6 Å². The molecule has 0 unspecified atom stereocenters. The van der Waals surface area contributed by atoms with E-state index >= 15 is 0 Å². The second kappa shape index (κ2) is 7.16. The number of sulfone groups is 1. The van der Waals surface area contributed by atoms with Crippen molar-refractivity contribution in [2.75, 3.05) is 5.75 Å². The van der Waals surface area contributed by atoms with Crippen molar-refractivity contribution in [2.45, 2.75) is 17.5 Å². The van der Waals surface area contributed by atoms with Gasteiger partial charge in [-0.15, -0.1) is 0 Å². The molecular formula is C21H19NO4S2. The largest absolute Gasteiger partial charge is 0.243 e. The standard InChI is InChI=1S/C21H19NO4S2/c23-27(24)13-12-20(16-27)22(15-17-6-2-1-3-7-17)28(25,26)21-11-10-18-8-4-5-9-19(18)14-21/h1-14,20H,15-16H2/t20-/m1/s1. The molecule has 7 heteroatoms. The van der Waals surface area contributed by atoms with Crippen LogP contribution in [0.4, 0.5) is 0 Å². The molecule has 0 N–H and O–H groups in total. The van der Waals surface area contributed by atoms with Crippen LogP contribution in [-0.4, -0.2) is 32.9 Å². The smallest absolute Gasteiger partial charge is 0.224 e. The van der Waals surface area contributed by atoms with E-state index in [0.29, 0.717) is 0 Å². The van der Waals surface area contributed by atoms with Gasteiger partial charge in [0.25, 0.3) is 0 Å². The molecule has 3 aromatic carbocycles. The monoisotopic (exact) mass is 413 g/mol. The van der Waals surface area contributed by atoms with Gasteiger partial charge in [0, 0.05) is 12.0 Å². The van der Waals surface area contributed by atoms with Crippen LogP contribution in [0.15, 0.2) is 89.2 Å². The second-order valence-electron chi connectivity index (χ2n) is 6.77. The average Bonchev–Trinajstić information content (AvgIpc) is 3.05. The molecule has 0 radical (unpaired) electrons. The summed E-state index contributed by atoms with van der Waals surface area (Å²) in [6.07, 6.45) is 1.46. The molecule has 0 saturated carbocycles. The zero-order chi connectivity index (χ0) is 19.8. The maximum absolute atomic E-state index is 13.5. The number of fused-ring (bicyclic) bond motifs is 1. The van der Waals surface area contributed by atoms with Crippen molar-refractivity contribution in [1.29, 1.82) is 0 Å². The Labute approximate surface area is 164 Å². The van der Waals surface area contributed by atoms with E-state index in [4.69, 9.17) is 0 Å². The number of benzene rings is 3. The summed E-state index contributed by atoms with van der Waals surface area (Å²) < 4.78 is 52.1. The van der Waals surface area contributed by atoms with Crippen LogP contribution in [0.3, 0.4) is 0 Å². The summed E-state index contributed by atoms with van der Waals surface area (Å²) in [5, 5.41) is 2.86. The number of hydrogen-bond acceptors (Lipinski definition) is 4. The summed E-state index contributed by atoms with van der Waals surface area (Å²) in [6.45, 7) is 0.0977. The molecular weight excluding hydrogens is 394 g/mol. The predicted molar refractivity (Wildman–Crippen MR) is 110 cm³/mol. The van der Waals surface area contributed by atoms with E-state index in [9.17, 15) is 16.8 Å². The van der Waals surface area contributed by atoms with E-state index in [-0.39, 0.29) is 17.2 Å². The molecule has 0 saturated heterocycles. The highest BCUT2D eigenvalue weighted by atomic mass is 32.2. The molecule has 0 fully saturated rings. The molecule has 1 aliphatic heterocycles. The first kappa shape index (κ1) is 18.9. The molecule has 28 heavy (non-hydrogen) atoms. The summed E-state index contributed by atoms with van der Waals surface area (Å²) in [5.41, 5.74) is 0.796. The van der Waals surface area contributed by atoms with Gasteiger partial charge in [-0.2, -0.15) is 4.31 Å². The van der Waals surface area contributed by atoms with E-state index in [2.05, 4.69) is 0 Å². The molecule has 0 spiro atoms. The molecule has 1 aliphatic rings. The molecule has 0 amide bonds. The Hall–Kier alpha value is -2.48. The maximum Gasteiger partial charge on any atom is 0.243 e. The molecule has 1 heterocycles. The maximum atomic E-state index is 13.5. The first-order valence-electron chi connectivity index (χ1n) is 8.81. The van der Waals surface area contributed by atoms with Gasteiger partial charge in [-0.05, 0) is 28.5 Å². The van der Waals surface area contributed by atoms with E-state index < -0.39 is 25.9 Å². The highest BCUT2D eigenvalue weighted by Crippen LogP contribution is 2.27. The third-order valence-electron chi connectivity index (χ3n) is 4.79. The Balaban J connectivity index is 1.78. The summed E-state index contributed by atoms with van der Waals surface area (Å²) in [6, 6.07) is 20.9. The average molecular weight is 414 g/mol. The zero-order valence-electron chi connectivity index (χ0n) is 15.0. The van der Waals surface area contributed by atoms with Crippen LogP contribution in [0.1, 0.15) is 5.56 Å². The Kier molecular flexibility index (Phi) is 4.82. The van der Waals surface area contributed by atoms with Gasteiger partial charge in [-0.1, -0.05) is 66.7 Å². The van der Waals surface area contributed by atoms with Gasteiger partial charge in [-0.3, -0.25) is 0 Å². The molecule has 0 aromatic heterocycles. The van der Waals surface area contributed by atoms with Gasteiger partial charge in [0.05, 0.1) is 16.7 Å². The first-order valence-corrected chi connectivity index (χ1v) is 12.0. The van der Waals surface area contributed by atoms with Crippen molar-refractivity contribution in [2.24, 2.45) is 0 Å². The third kappa shape index (κ3) is 3.73. The van der Waals surface area contributed by atoms with E-state index in [0.717, 1.165) is 21.7 Å². The zero-order valence-corrected chi connectivity index (χ0v) is 16.6. The summed E-state index contributed by atoms with van der Waals surface area (Å²) >= 11 is 0. The molecule has 0 bridgehead atoms. The first-order chi connectivity index (χ1) is 13.4. The summed E-state index contributed by atoms with van der Waals surface area (Å²) in [7, 11) is -7.30. The lowest BCUT2D eigenvalue weighted by molar-refractivity contribution is 0.375. The normalized spacial score (nSPS) is 18.7. The Morgan fingerprint density at radius 2 is 1.57 bits per heavy atom. The number of nitrogens with zero attached hydrogens (tertiary/aromatic N) is 1. The number of sulfonamides is 1. The lowest BCUT2D eigenvalue weighted by Crippen LogP contribution is -2.40. The van der Waals surface area contributed by atoms with Crippen molar-refractivity contribution in [3.05, 3.63) is 89.8 Å². The van der Waals surface area contributed by atoms with Crippen molar-refractivity contribution in [3.8, 4) is 0 Å². The SMILES string of the molecule is O=S1(=O)C=C[C@@H](N(Cc2ccccc2)S(=O)(=O)c2ccc3ccccc3c2)C1. The fourth-order valence-electron chi connectivity index (χ4n) is 3.35. The minimum Gasteiger partial charge on any atom is -0.224 e. The molecule has 0 aliphatic carbocycles. The fraction of sp³-hybridized carbons (Fsp3) is 0.143.